The summed E-state index contributed by atoms with van der Waals surface area (Å²) in [5, 5.41) is 0. The van der Waals surface area contributed by atoms with Crippen LogP contribution >= 0.6 is 0 Å². The zero-order chi connectivity index (χ0) is 25.1. The van der Waals surface area contributed by atoms with Gasteiger partial charge in [0.2, 0.25) is 0 Å². The Morgan fingerprint density at radius 3 is 1.68 bits per heavy atom. The van der Waals surface area contributed by atoms with Crippen molar-refractivity contribution in [2.45, 2.75) is 153 Å². The minimum atomic E-state index is -1.24. The van der Waals surface area contributed by atoms with Gasteiger partial charge in [-0.2, -0.15) is 0 Å². The minimum Gasteiger partial charge on any atom is -0.0711 e. The second-order valence-electron chi connectivity index (χ2n) is 15.8. The molecule has 3 aliphatic carbocycles. The first-order chi connectivity index (χ1) is 15.6. The molecule has 192 valence electrons. The summed E-state index contributed by atoms with van der Waals surface area (Å²) >= 11 is 0. The van der Waals surface area contributed by atoms with E-state index in [1.165, 1.54) is 38.5 Å². The maximum Gasteiger partial charge on any atom is 0.0448 e. The Balaban J connectivity index is 1.65. The Morgan fingerprint density at radius 1 is 0.588 bits per heavy atom. The summed E-state index contributed by atoms with van der Waals surface area (Å²) in [5.74, 6) is 2.76. The average Bonchev–Trinajstić information content (AvgIpc) is 3.42. The van der Waals surface area contributed by atoms with Gasteiger partial charge < -0.3 is 0 Å². The predicted octanol–water partition coefficient (Wildman–Crippen LogP) is 10.4. The SMILES string of the molecule is CC(C)(C)c1cc(C2CCCC3C2CCC3[Si](C)(C)[Si](C)(C)C2CCCC2)cc(C(C)(C)C)c1. The van der Waals surface area contributed by atoms with Crippen LogP contribution in [-0.2, 0) is 10.8 Å². The van der Waals surface area contributed by atoms with Gasteiger partial charge in [-0.05, 0) is 69.2 Å². The summed E-state index contributed by atoms with van der Waals surface area (Å²) in [7, 11) is -2.41. The highest BCUT2D eigenvalue weighted by Crippen LogP contribution is 2.60. The van der Waals surface area contributed by atoms with Crippen molar-refractivity contribution in [3.05, 3.63) is 34.9 Å². The summed E-state index contributed by atoms with van der Waals surface area (Å²) in [4.78, 5) is 0. The fourth-order valence-electron chi connectivity index (χ4n) is 8.49. The largest absolute Gasteiger partial charge is 0.0711 e. The third-order valence-corrected chi connectivity index (χ3v) is 32.3. The second-order valence-corrected chi connectivity index (χ2v) is 32.0. The van der Waals surface area contributed by atoms with Crippen LogP contribution in [0.4, 0.5) is 0 Å². The van der Waals surface area contributed by atoms with Gasteiger partial charge in [-0.3, -0.25) is 0 Å². The minimum absolute atomic E-state index is 0.216. The van der Waals surface area contributed by atoms with Crippen molar-refractivity contribution in [2.75, 3.05) is 0 Å². The lowest BCUT2D eigenvalue weighted by molar-refractivity contribution is 0.236. The lowest BCUT2D eigenvalue weighted by atomic mass is 9.69. The molecule has 0 nitrogen and oxygen atoms in total. The molecule has 4 rings (SSSR count). The van der Waals surface area contributed by atoms with Gasteiger partial charge in [0.15, 0.2) is 0 Å². The van der Waals surface area contributed by atoms with Gasteiger partial charge in [0, 0.05) is 15.2 Å². The third-order valence-electron chi connectivity index (χ3n) is 11.5. The van der Waals surface area contributed by atoms with E-state index in [4.69, 9.17) is 0 Å². The standard InChI is InChI=1S/C32H56Si2/c1-31(2,3)24-20-23(21-25(22-24)32(4,5)6)27-16-13-17-29-28(27)18-19-30(29)34(9,10)33(7,8)26-14-11-12-15-26/h20-22,26-30H,11-19H2,1-10H3. The van der Waals surface area contributed by atoms with E-state index in [0.29, 0.717) is 0 Å². The van der Waals surface area contributed by atoms with Crippen LogP contribution in [0, 0.1) is 11.8 Å². The fourth-order valence-corrected chi connectivity index (χ4v) is 22.7. The van der Waals surface area contributed by atoms with Crippen molar-refractivity contribution in [1.29, 1.82) is 0 Å². The maximum absolute atomic E-state index is 2.87. The Kier molecular flexibility index (Phi) is 7.22. The number of benzene rings is 1. The van der Waals surface area contributed by atoms with E-state index < -0.39 is 15.2 Å². The zero-order valence-electron chi connectivity index (χ0n) is 24.5. The number of fused-ring (bicyclic) bond motifs is 1. The molecule has 0 aromatic heterocycles. The second kappa shape index (κ2) is 9.19. The lowest BCUT2D eigenvalue weighted by Gasteiger charge is -2.50. The van der Waals surface area contributed by atoms with E-state index in [1.54, 1.807) is 36.0 Å². The maximum atomic E-state index is 2.87. The molecule has 3 fully saturated rings. The molecule has 0 bridgehead atoms. The summed E-state index contributed by atoms with van der Waals surface area (Å²) in [5.41, 5.74) is 7.45. The molecule has 0 saturated heterocycles. The topological polar surface area (TPSA) is 0 Å². The van der Waals surface area contributed by atoms with E-state index in [0.717, 1.165) is 28.8 Å². The smallest absolute Gasteiger partial charge is 0.0448 e. The molecule has 1 aromatic rings. The van der Waals surface area contributed by atoms with Crippen molar-refractivity contribution < 1.29 is 0 Å². The van der Waals surface area contributed by atoms with Gasteiger partial charge in [-0.15, -0.1) is 0 Å². The van der Waals surface area contributed by atoms with Crippen molar-refractivity contribution in [1.82, 2.24) is 0 Å². The van der Waals surface area contributed by atoms with Gasteiger partial charge in [0.05, 0.1) is 0 Å². The van der Waals surface area contributed by atoms with Crippen LogP contribution in [0.3, 0.4) is 0 Å². The molecule has 3 saturated carbocycles. The summed E-state index contributed by atoms with van der Waals surface area (Å²) in [6.07, 6.45) is 13.6. The molecule has 4 unspecified atom stereocenters. The van der Waals surface area contributed by atoms with Crippen LogP contribution < -0.4 is 0 Å². The normalized spacial score (nSPS) is 29.5. The van der Waals surface area contributed by atoms with Crippen molar-refractivity contribution in [3.63, 3.8) is 0 Å². The van der Waals surface area contributed by atoms with E-state index in [-0.39, 0.29) is 10.8 Å². The van der Waals surface area contributed by atoms with Crippen LogP contribution in [0.15, 0.2) is 18.2 Å². The highest BCUT2D eigenvalue weighted by molar-refractivity contribution is 7.41. The molecule has 0 spiro atoms. The quantitative estimate of drug-likeness (QED) is 0.363. The molecular formula is C32H56Si2. The monoisotopic (exact) mass is 496 g/mol. The molecule has 0 amide bonds. The molecule has 2 heteroatoms. The van der Waals surface area contributed by atoms with Crippen LogP contribution in [-0.4, -0.2) is 15.2 Å². The van der Waals surface area contributed by atoms with E-state index in [9.17, 15) is 0 Å². The Bertz CT molecular complexity index is 828. The van der Waals surface area contributed by atoms with Crippen LogP contribution in [0.25, 0.3) is 0 Å². The Morgan fingerprint density at radius 2 is 1.15 bits per heavy atom. The fraction of sp³-hybridized carbons (Fsp3) is 0.812. The van der Waals surface area contributed by atoms with Crippen molar-refractivity contribution >= 4 is 15.2 Å². The highest BCUT2D eigenvalue weighted by atomic mass is 29.3. The number of hydrogen-bond donors (Lipinski definition) is 0. The molecule has 0 aliphatic heterocycles. The molecular weight excluding hydrogens is 441 g/mol. The molecule has 0 radical (unpaired) electrons. The van der Waals surface area contributed by atoms with Gasteiger partial charge >= 0.3 is 0 Å². The van der Waals surface area contributed by atoms with Crippen LogP contribution in [0.2, 0.25) is 37.3 Å². The molecule has 0 N–H and O–H groups in total. The van der Waals surface area contributed by atoms with E-state index in [1.807, 2.05) is 0 Å². The van der Waals surface area contributed by atoms with Gasteiger partial charge in [0.25, 0.3) is 0 Å². The highest BCUT2D eigenvalue weighted by Gasteiger charge is 2.56. The first-order valence-electron chi connectivity index (χ1n) is 14.8. The molecule has 1 aromatic carbocycles. The van der Waals surface area contributed by atoms with Gasteiger partial charge in [0.1, 0.15) is 0 Å². The lowest BCUT2D eigenvalue weighted by Crippen LogP contribution is -2.61. The molecule has 3 aliphatic rings. The van der Waals surface area contributed by atoms with Crippen molar-refractivity contribution in [3.8, 4) is 0 Å². The van der Waals surface area contributed by atoms with Gasteiger partial charge in [-0.1, -0.05) is 131 Å². The molecule has 34 heavy (non-hydrogen) atoms. The summed E-state index contributed by atoms with van der Waals surface area (Å²) in [6.45, 7) is 25.8. The number of hydrogen-bond acceptors (Lipinski definition) is 0. The van der Waals surface area contributed by atoms with Crippen molar-refractivity contribution in [2.24, 2.45) is 11.8 Å². The Labute approximate surface area is 214 Å². The molecule has 0 heterocycles. The zero-order valence-corrected chi connectivity index (χ0v) is 26.5. The van der Waals surface area contributed by atoms with Crippen LogP contribution in [0.5, 0.6) is 0 Å². The first-order valence-corrected chi connectivity index (χ1v) is 22.0. The summed E-state index contributed by atoms with van der Waals surface area (Å²) in [6, 6.07) is 7.79. The van der Waals surface area contributed by atoms with E-state index in [2.05, 4.69) is 85.9 Å². The first kappa shape index (κ1) is 26.7. The average molecular weight is 497 g/mol. The third kappa shape index (κ3) is 4.81. The van der Waals surface area contributed by atoms with Gasteiger partial charge in [-0.25, -0.2) is 0 Å². The molecule has 4 atom stereocenters. The number of rotatable bonds is 4. The Hall–Kier alpha value is -0.346. The predicted molar refractivity (Wildman–Crippen MR) is 158 cm³/mol. The van der Waals surface area contributed by atoms with Crippen LogP contribution in [0.1, 0.15) is 122 Å². The van der Waals surface area contributed by atoms with E-state index >= 15 is 0 Å². The summed E-state index contributed by atoms with van der Waals surface area (Å²) < 4.78 is 0.